The van der Waals surface area contributed by atoms with Crippen molar-refractivity contribution in [3.05, 3.63) is 0 Å². The van der Waals surface area contributed by atoms with Gasteiger partial charge in [-0.15, -0.1) is 0 Å². The van der Waals surface area contributed by atoms with Gasteiger partial charge < -0.3 is 4.74 Å². The van der Waals surface area contributed by atoms with Crippen LogP contribution in [0.25, 0.3) is 0 Å². The third-order valence-electron chi connectivity index (χ3n) is 3.31. The summed E-state index contributed by atoms with van der Waals surface area (Å²) in [5, 5.41) is 0. The molecule has 0 spiro atoms. The molecule has 0 bridgehead atoms. The molecule has 15 heavy (non-hydrogen) atoms. The van der Waals surface area contributed by atoms with Crippen molar-refractivity contribution >= 4 is 11.6 Å². The molecule has 1 saturated carbocycles. The first kappa shape index (κ1) is 12.4. The topological polar surface area (TPSA) is 43.4 Å². The van der Waals surface area contributed by atoms with Crippen molar-refractivity contribution in [3.8, 4) is 0 Å². The van der Waals surface area contributed by atoms with Crippen molar-refractivity contribution in [1.82, 2.24) is 0 Å². The summed E-state index contributed by atoms with van der Waals surface area (Å²) < 4.78 is 4.80. The number of ketones is 2. The molecule has 1 fully saturated rings. The van der Waals surface area contributed by atoms with Crippen LogP contribution >= 0.6 is 0 Å². The molecule has 0 saturated heterocycles. The second kappa shape index (κ2) is 5.40. The molecule has 0 aromatic rings. The van der Waals surface area contributed by atoms with E-state index in [4.69, 9.17) is 4.74 Å². The monoisotopic (exact) mass is 212 g/mol. The zero-order valence-corrected chi connectivity index (χ0v) is 9.79. The highest BCUT2D eigenvalue weighted by molar-refractivity contribution is 6.03. The second-order valence-corrected chi connectivity index (χ2v) is 4.70. The van der Waals surface area contributed by atoms with Gasteiger partial charge in [-0.25, -0.2) is 0 Å². The fraction of sp³-hybridized carbons (Fsp3) is 0.833. The Morgan fingerprint density at radius 3 is 2.73 bits per heavy atom. The Morgan fingerprint density at radius 2 is 2.20 bits per heavy atom. The van der Waals surface area contributed by atoms with Crippen LogP contribution in [0.1, 0.15) is 33.1 Å². The van der Waals surface area contributed by atoms with Crippen LogP contribution in [0, 0.1) is 17.8 Å². The lowest BCUT2D eigenvalue weighted by molar-refractivity contribution is -0.137. The van der Waals surface area contributed by atoms with Gasteiger partial charge in [0.05, 0.1) is 5.92 Å². The van der Waals surface area contributed by atoms with Gasteiger partial charge in [0.15, 0.2) is 5.78 Å². The minimum absolute atomic E-state index is 0.0483. The fourth-order valence-corrected chi connectivity index (χ4v) is 2.21. The maximum Gasteiger partial charge on any atom is 0.168 e. The standard InChI is InChI=1S/C12H20O3/c1-8(2)9-4-5-11(13)10(6-9)12(14)7-15-3/h8-10H,4-7H2,1-3H3. The number of carbonyl (C=O) groups is 2. The van der Waals surface area contributed by atoms with Crippen LogP contribution in [0.4, 0.5) is 0 Å². The molecule has 1 rings (SSSR count). The molecule has 3 heteroatoms. The van der Waals surface area contributed by atoms with Crippen LogP contribution in [0.3, 0.4) is 0 Å². The molecule has 86 valence electrons. The van der Waals surface area contributed by atoms with Gasteiger partial charge in [0.1, 0.15) is 12.4 Å². The Morgan fingerprint density at radius 1 is 1.53 bits per heavy atom. The van der Waals surface area contributed by atoms with E-state index in [0.717, 1.165) is 12.8 Å². The summed E-state index contributed by atoms with van der Waals surface area (Å²) in [6, 6.07) is 0. The van der Waals surface area contributed by atoms with Gasteiger partial charge in [0.25, 0.3) is 0 Å². The Hall–Kier alpha value is -0.700. The quantitative estimate of drug-likeness (QED) is 0.668. The molecule has 0 heterocycles. The largest absolute Gasteiger partial charge is 0.377 e. The minimum Gasteiger partial charge on any atom is -0.377 e. The average Bonchev–Trinajstić information content (AvgIpc) is 2.18. The van der Waals surface area contributed by atoms with E-state index < -0.39 is 5.92 Å². The highest BCUT2D eigenvalue weighted by Crippen LogP contribution is 2.32. The van der Waals surface area contributed by atoms with Gasteiger partial charge in [-0.2, -0.15) is 0 Å². The van der Waals surface area contributed by atoms with Crippen LogP contribution in [-0.2, 0) is 14.3 Å². The van der Waals surface area contributed by atoms with E-state index in [1.807, 2.05) is 0 Å². The third kappa shape index (κ3) is 3.13. The number of Topliss-reactive ketones (excluding diaryl/α,β-unsaturated/α-hetero) is 2. The van der Waals surface area contributed by atoms with Crippen molar-refractivity contribution in [2.24, 2.45) is 17.8 Å². The summed E-state index contributed by atoms with van der Waals surface area (Å²) in [4.78, 5) is 23.2. The maximum absolute atomic E-state index is 11.6. The lowest BCUT2D eigenvalue weighted by Gasteiger charge is -2.29. The van der Waals surface area contributed by atoms with Crippen LogP contribution in [-0.4, -0.2) is 25.3 Å². The van der Waals surface area contributed by atoms with E-state index >= 15 is 0 Å². The summed E-state index contributed by atoms with van der Waals surface area (Å²) in [5.74, 6) is 0.720. The molecule has 0 aromatic heterocycles. The van der Waals surface area contributed by atoms with Crippen LogP contribution < -0.4 is 0 Å². The predicted octanol–water partition coefficient (Wildman–Crippen LogP) is 1.84. The number of ether oxygens (including phenoxy) is 1. The van der Waals surface area contributed by atoms with Crippen LogP contribution in [0.15, 0.2) is 0 Å². The van der Waals surface area contributed by atoms with E-state index in [1.54, 1.807) is 0 Å². The zero-order valence-electron chi connectivity index (χ0n) is 9.79. The Bertz CT molecular complexity index is 245. The number of rotatable bonds is 4. The smallest absolute Gasteiger partial charge is 0.168 e. The molecular weight excluding hydrogens is 192 g/mol. The van der Waals surface area contributed by atoms with Gasteiger partial charge in [0, 0.05) is 13.5 Å². The normalized spacial score (nSPS) is 27.1. The molecule has 0 amide bonds. The number of hydrogen-bond acceptors (Lipinski definition) is 3. The number of methoxy groups -OCH3 is 1. The number of carbonyl (C=O) groups excluding carboxylic acids is 2. The lowest BCUT2D eigenvalue weighted by Crippen LogP contribution is -2.34. The first-order valence-electron chi connectivity index (χ1n) is 5.60. The summed E-state index contributed by atoms with van der Waals surface area (Å²) in [7, 11) is 1.49. The molecule has 1 aliphatic carbocycles. The zero-order chi connectivity index (χ0) is 11.4. The Kier molecular flexibility index (Phi) is 4.45. The Balaban J connectivity index is 2.61. The van der Waals surface area contributed by atoms with Gasteiger partial charge >= 0.3 is 0 Å². The van der Waals surface area contributed by atoms with E-state index in [1.165, 1.54) is 7.11 Å². The molecular formula is C12H20O3. The van der Waals surface area contributed by atoms with Gasteiger partial charge in [-0.1, -0.05) is 13.8 Å². The number of hydrogen-bond donors (Lipinski definition) is 0. The molecule has 2 atom stereocenters. The van der Waals surface area contributed by atoms with Crippen molar-refractivity contribution in [2.45, 2.75) is 33.1 Å². The predicted molar refractivity (Wildman–Crippen MR) is 57.6 cm³/mol. The van der Waals surface area contributed by atoms with E-state index in [0.29, 0.717) is 18.3 Å². The lowest BCUT2D eigenvalue weighted by atomic mass is 9.74. The fourth-order valence-electron chi connectivity index (χ4n) is 2.21. The van der Waals surface area contributed by atoms with Crippen molar-refractivity contribution < 1.29 is 14.3 Å². The highest BCUT2D eigenvalue weighted by Gasteiger charge is 2.34. The molecule has 3 nitrogen and oxygen atoms in total. The van der Waals surface area contributed by atoms with Crippen molar-refractivity contribution in [1.29, 1.82) is 0 Å². The molecule has 0 aliphatic heterocycles. The first-order chi connectivity index (χ1) is 7.06. The molecule has 2 unspecified atom stereocenters. The van der Waals surface area contributed by atoms with Gasteiger partial charge in [0.2, 0.25) is 0 Å². The molecule has 0 radical (unpaired) electrons. The third-order valence-corrected chi connectivity index (χ3v) is 3.31. The SMILES string of the molecule is COCC(=O)C1CC(C(C)C)CCC1=O. The molecule has 1 aliphatic rings. The Labute approximate surface area is 91.2 Å². The van der Waals surface area contributed by atoms with E-state index in [9.17, 15) is 9.59 Å². The maximum atomic E-state index is 11.6. The molecule has 0 aromatic carbocycles. The van der Waals surface area contributed by atoms with Crippen molar-refractivity contribution in [3.63, 3.8) is 0 Å². The van der Waals surface area contributed by atoms with Crippen molar-refractivity contribution in [2.75, 3.05) is 13.7 Å². The summed E-state index contributed by atoms with van der Waals surface area (Å²) in [5.41, 5.74) is 0. The summed E-state index contributed by atoms with van der Waals surface area (Å²) >= 11 is 0. The summed E-state index contributed by atoms with van der Waals surface area (Å²) in [6.45, 7) is 4.37. The first-order valence-corrected chi connectivity index (χ1v) is 5.60. The highest BCUT2D eigenvalue weighted by atomic mass is 16.5. The van der Waals surface area contributed by atoms with Gasteiger partial charge in [-0.3, -0.25) is 9.59 Å². The van der Waals surface area contributed by atoms with Crippen LogP contribution in [0.5, 0.6) is 0 Å². The van der Waals surface area contributed by atoms with Crippen LogP contribution in [0.2, 0.25) is 0 Å². The van der Waals surface area contributed by atoms with E-state index in [-0.39, 0.29) is 18.2 Å². The van der Waals surface area contributed by atoms with Gasteiger partial charge in [-0.05, 0) is 24.7 Å². The molecule has 0 N–H and O–H groups in total. The minimum atomic E-state index is -0.397. The second-order valence-electron chi connectivity index (χ2n) is 4.70. The summed E-state index contributed by atoms with van der Waals surface area (Å²) in [6.07, 6.45) is 2.22. The average molecular weight is 212 g/mol. The van der Waals surface area contributed by atoms with E-state index in [2.05, 4.69) is 13.8 Å².